The number of para-hydroxylation sites is 1. The number of hydrogen-bond donors (Lipinski definition) is 0. The van der Waals surface area contributed by atoms with E-state index < -0.39 is 0 Å². The van der Waals surface area contributed by atoms with Crippen LogP contribution >= 0.6 is 0 Å². The van der Waals surface area contributed by atoms with E-state index in [1.165, 1.54) is 4.90 Å². The Bertz CT molecular complexity index is 1980. The minimum atomic E-state index is -0.367. The largest absolute Gasteiger partial charge is 0.308 e. The van der Waals surface area contributed by atoms with Gasteiger partial charge in [-0.15, -0.1) is 0 Å². The Kier molecular flexibility index (Phi) is 4.75. The van der Waals surface area contributed by atoms with Crippen molar-refractivity contribution in [1.82, 2.24) is 4.57 Å². The van der Waals surface area contributed by atoms with Gasteiger partial charge in [0.1, 0.15) is 0 Å². The monoisotopic (exact) mass is 489 g/mol. The van der Waals surface area contributed by atoms with E-state index in [-0.39, 0.29) is 11.8 Å². The number of hydrogen-bond acceptors (Lipinski definition) is 3. The van der Waals surface area contributed by atoms with Crippen LogP contribution in [0.3, 0.4) is 0 Å². The summed E-state index contributed by atoms with van der Waals surface area (Å²) in [5.74, 6) is -0.719. The number of nitriles is 1. The molecule has 1 aliphatic rings. The van der Waals surface area contributed by atoms with Gasteiger partial charge < -0.3 is 4.57 Å². The van der Waals surface area contributed by atoms with Crippen molar-refractivity contribution in [3.8, 4) is 22.9 Å². The molecule has 0 N–H and O–H groups in total. The smallest absolute Gasteiger partial charge is 0.268 e. The fourth-order valence-electron chi connectivity index (χ4n) is 5.44. The van der Waals surface area contributed by atoms with Crippen LogP contribution in [0.25, 0.3) is 38.6 Å². The van der Waals surface area contributed by atoms with E-state index in [0.717, 1.165) is 32.9 Å². The molecule has 0 bridgehead atoms. The molecule has 7 rings (SSSR count). The molecule has 1 aliphatic heterocycles. The molecule has 0 saturated heterocycles. The molecular formula is C33H19N3O2. The number of benzene rings is 5. The van der Waals surface area contributed by atoms with E-state index in [9.17, 15) is 14.9 Å². The highest BCUT2D eigenvalue weighted by atomic mass is 16.2. The van der Waals surface area contributed by atoms with E-state index in [4.69, 9.17) is 0 Å². The second kappa shape index (κ2) is 8.29. The van der Waals surface area contributed by atoms with Crippen molar-refractivity contribution < 1.29 is 9.59 Å². The minimum absolute atomic E-state index is 0.351. The first-order chi connectivity index (χ1) is 18.7. The maximum absolute atomic E-state index is 14.0. The first-order valence-electron chi connectivity index (χ1n) is 12.3. The maximum atomic E-state index is 14.0. The van der Waals surface area contributed by atoms with Crippen LogP contribution in [-0.2, 0) is 0 Å². The van der Waals surface area contributed by atoms with Gasteiger partial charge in [-0.05, 0) is 53.6 Å². The number of fused-ring (bicyclic) bond motifs is 4. The van der Waals surface area contributed by atoms with Crippen molar-refractivity contribution in [1.29, 1.82) is 5.26 Å². The highest BCUT2D eigenvalue weighted by Gasteiger charge is 2.39. The zero-order chi connectivity index (χ0) is 25.8. The minimum Gasteiger partial charge on any atom is -0.308 e. The average molecular weight is 490 g/mol. The lowest BCUT2D eigenvalue weighted by Crippen LogP contribution is -2.29. The summed E-state index contributed by atoms with van der Waals surface area (Å²) < 4.78 is 1.99. The second-order valence-electron chi connectivity index (χ2n) is 9.26. The van der Waals surface area contributed by atoms with Gasteiger partial charge in [-0.3, -0.25) is 9.59 Å². The summed E-state index contributed by atoms with van der Waals surface area (Å²) in [6.45, 7) is 0. The lowest BCUT2D eigenvalue weighted by Gasteiger charge is -2.16. The van der Waals surface area contributed by atoms with Crippen molar-refractivity contribution in [2.45, 2.75) is 0 Å². The Morgan fingerprint density at radius 1 is 0.605 bits per heavy atom. The maximum Gasteiger partial charge on any atom is 0.268 e. The molecule has 0 aliphatic carbocycles. The normalized spacial score (nSPS) is 12.8. The zero-order valence-corrected chi connectivity index (χ0v) is 20.1. The van der Waals surface area contributed by atoms with Gasteiger partial charge in [0.2, 0.25) is 0 Å². The quantitative estimate of drug-likeness (QED) is 0.249. The molecule has 6 aromatic rings. The lowest BCUT2D eigenvalue weighted by molar-refractivity contribution is 0.0926. The number of nitrogens with zero attached hydrogens (tertiary/aromatic N) is 3. The van der Waals surface area contributed by atoms with Crippen LogP contribution in [0.2, 0.25) is 0 Å². The first-order valence-corrected chi connectivity index (χ1v) is 12.3. The number of aromatic nitrogens is 1. The molecule has 0 spiro atoms. The third-order valence-electron chi connectivity index (χ3n) is 7.15. The lowest BCUT2D eigenvalue weighted by atomic mass is 10.0. The molecule has 5 nitrogen and oxygen atoms in total. The van der Waals surface area contributed by atoms with Gasteiger partial charge in [0.25, 0.3) is 11.8 Å². The van der Waals surface area contributed by atoms with E-state index in [2.05, 4.69) is 6.07 Å². The Labute approximate surface area is 218 Å². The summed E-state index contributed by atoms with van der Waals surface area (Å²) in [6.07, 6.45) is 0. The first kappa shape index (κ1) is 21.8. The number of rotatable bonds is 3. The van der Waals surface area contributed by atoms with E-state index >= 15 is 0 Å². The molecule has 178 valence electrons. The summed E-state index contributed by atoms with van der Waals surface area (Å²) in [7, 11) is 0. The summed E-state index contributed by atoms with van der Waals surface area (Å²) in [4.78, 5) is 28.9. The molecular weight excluding hydrogens is 470 g/mol. The van der Waals surface area contributed by atoms with E-state index in [1.807, 2.05) is 95.6 Å². The van der Waals surface area contributed by atoms with Gasteiger partial charge in [-0.2, -0.15) is 5.26 Å². The predicted molar refractivity (Wildman–Crippen MR) is 149 cm³/mol. The number of imide groups is 1. The van der Waals surface area contributed by atoms with Gasteiger partial charge in [0.15, 0.2) is 0 Å². The zero-order valence-electron chi connectivity index (χ0n) is 20.1. The van der Waals surface area contributed by atoms with Crippen molar-refractivity contribution >= 4 is 39.3 Å². The molecule has 5 aromatic carbocycles. The molecule has 2 amide bonds. The van der Waals surface area contributed by atoms with Crippen LogP contribution in [0.15, 0.2) is 115 Å². The van der Waals surface area contributed by atoms with E-state index in [1.54, 1.807) is 24.3 Å². The molecule has 0 radical (unpaired) electrons. The summed E-state index contributed by atoms with van der Waals surface area (Å²) in [5.41, 5.74) is 6.01. The van der Waals surface area contributed by atoms with Crippen LogP contribution in [-0.4, -0.2) is 16.4 Å². The molecule has 38 heavy (non-hydrogen) atoms. The average Bonchev–Trinajstić information content (AvgIpc) is 3.44. The number of carbonyl (C=O) groups is 2. The molecule has 0 unspecified atom stereocenters. The third kappa shape index (κ3) is 3.11. The predicted octanol–water partition coefficient (Wildman–Crippen LogP) is 7.12. The van der Waals surface area contributed by atoms with Gasteiger partial charge in [0.05, 0.1) is 45.2 Å². The Hall–Kier alpha value is -5.47. The summed E-state index contributed by atoms with van der Waals surface area (Å²) in [6, 6.07) is 38.4. The Morgan fingerprint density at radius 2 is 1.34 bits per heavy atom. The molecule has 0 saturated carbocycles. The molecule has 0 fully saturated rings. The fraction of sp³-hybridized carbons (Fsp3) is 0. The Balaban J connectivity index is 1.43. The van der Waals surface area contributed by atoms with Crippen LogP contribution in [0.1, 0.15) is 26.3 Å². The van der Waals surface area contributed by atoms with Crippen molar-refractivity contribution in [3.05, 3.63) is 132 Å². The third-order valence-corrected chi connectivity index (χ3v) is 7.15. The fourth-order valence-corrected chi connectivity index (χ4v) is 5.44. The van der Waals surface area contributed by atoms with Crippen LogP contribution < -0.4 is 4.90 Å². The van der Waals surface area contributed by atoms with Crippen LogP contribution in [0.4, 0.5) is 5.69 Å². The van der Waals surface area contributed by atoms with Crippen molar-refractivity contribution in [2.75, 3.05) is 4.90 Å². The SMILES string of the molecule is N#Cc1ccc2c3ccccc3n(-c3cccc4c3C(=O)N(c3cccc(-c5ccccc5)c3)C4=O)c2c1. The summed E-state index contributed by atoms with van der Waals surface area (Å²) in [5, 5.41) is 11.5. The van der Waals surface area contributed by atoms with E-state index in [0.29, 0.717) is 28.1 Å². The van der Waals surface area contributed by atoms with Gasteiger partial charge in [-0.25, -0.2) is 4.90 Å². The van der Waals surface area contributed by atoms with Gasteiger partial charge in [0, 0.05) is 10.8 Å². The highest BCUT2D eigenvalue weighted by Crippen LogP contribution is 2.38. The molecule has 1 aromatic heterocycles. The highest BCUT2D eigenvalue weighted by molar-refractivity contribution is 6.35. The number of carbonyl (C=O) groups excluding carboxylic acids is 2. The van der Waals surface area contributed by atoms with Gasteiger partial charge >= 0.3 is 0 Å². The molecule has 2 heterocycles. The van der Waals surface area contributed by atoms with Crippen molar-refractivity contribution in [2.24, 2.45) is 0 Å². The number of anilines is 1. The van der Waals surface area contributed by atoms with Gasteiger partial charge in [-0.1, -0.05) is 72.8 Å². The topological polar surface area (TPSA) is 66.1 Å². The molecule has 5 heteroatoms. The second-order valence-corrected chi connectivity index (χ2v) is 9.26. The van der Waals surface area contributed by atoms with Crippen molar-refractivity contribution in [3.63, 3.8) is 0 Å². The molecule has 0 atom stereocenters. The summed E-state index contributed by atoms with van der Waals surface area (Å²) >= 11 is 0. The standard InChI is InChI=1S/C33H19N3O2/c34-20-21-16-17-26-25-12-4-5-14-28(25)36(30(26)18-21)29-15-7-13-27-31(29)33(38)35(32(27)37)24-11-6-10-23(19-24)22-8-2-1-3-9-22/h1-19H. The number of amides is 2. The van der Waals surface area contributed by atoms with Crippen LogP contribution in [0, 0.1) is 11.3 Å². The van der Waals surface area contributed by atoms with Crippen LogP contribution in [0.5, 0.6) is 0 Å². The Morgan fingerprint density at radius 3 is 2.18 bits per heavy atom.